The Bertz CT molecular complexity index is 848. The largest absolute Gasteiger partial charge is 0.496 e. The number of hydrogen-bond donors (Lipinski definition) is 1. The van der Waals surface area contributed by atoms with Gasteiger partial charge >= 0.3 is 0 Å². The van der Waals surface area contributed by atoms with E-state index in [4.69, 9.17) is 9.47 Å². The van der Waals surface area contributed by atoms with Crippen molar-refractivity contribution in [3.05, 3.63) is 59.8 Å². The highest BCUT2D eigenvalue weighted by Crippen LogP contribution is 2.30. The van der Waals surface area contributed by atoms with Gasteiger partial charge in [0.15, 0.2) is 0 Å². The van der Waals surface area contributed by atoms with Gasteiger partial charge in [-0.15, -0.1) is 0 Å². The number of H-pyrrole nitrogens is 1. The summed E-state index contributed by atoms with van der Waals surface area (Å²) in [4.78, 5) is 17.8. The molecule has 0 saturated heterocycles. The third-order valence-electron chi connectivity index (χ3n) is 4.07. The fourth-order valence-electron chi connectivity index (χ4n) is 2.84. The Balaban J connectivity index is 1.90. The van der Waals surface area contributed by atoms with Crippen molar-refractivity contribution >= 4 is 16.8 Å². The van der Waals surface area contributed by atoms with Gasteiger partial charge in [-0.1, -0.05) is 24.3 Å². The summed E-state index contributed by atoms with van der Waals surface area (Å²) >= 11 is 0. The van der Waals surface area contributed by atoms with Crippen molar-refractivity contribution in [2.45, 2.75) is 6.54 Å². The monoisotopic (exact) mass is 324 g/mol. The zero-order valence-electron chi connectivity index (χ0n) is 14.0. The number of nitrogens with one attached hydrogen (secondary N) is 1. The van der Waals surface area contributed by atoms with E-state index in [0.717, 1.165) is 16.5 Å². The number of aromatic amines is 1. The van der Waals surface area contributed by atoms with Crippen LogP contribution in [-0.4, -0.2) is 37.1 Å². The Labute approximate surface area is 140 Å². The van der Waals surface area contributed by atoms with E-state index >= 15 is 0 Å². The smallest absolute Gasteiger partial charge is 0.261 e. The van der Waals surface area contributed by atoms with E-state index < -0.39 is 0 Å². The van der Waals surface area contributed by atoms with Crippen LogP contribution in [0.15, 0.2) is 48.7 Å². The number of hydrogen-bond acceptors (Lipinski definition) is 3. The van der Waals surface area contributed by atoms with E-state index in [1.807, 2.05) is 30.5 Å². The topological polar surface area (TPSA) is 54.6 Å². The second-order valence-corrected chi connectivity index (χ2v) is 5.56. The number of carbonyl (C=O) groups excluding carboxylic acids is 1. The molecule has 0 saturated carbocycles. The molecular formula is C19H20N2O3. The van der Waals surface area contributed by atoms with Crippen molar-refractivity contribution in [2.75, 3.05) is 21.3 Å². The predicted octanol–water partition coefficient (Wildman–Crippen LogP) is 3.46. The molecule has 3 rings (SSSR count). The minimum atomic E-state index is -0.144. The first-order chi connectivity index (χ1) is 11.7. The van der Waals surface area contributed by atoms with E-state index in [1.165, 1.54) is 0 Å². The van der Waals surface area contributed by atoms with Crippen LogP contribution in [0.3, 0.4) is 0 Å². The van der Waals surface area contributed by atoms with Gasteiger partial charge in [-0.3, -0.25) is 4.79 Å². The molecule has 1 N–H and O–H groups in total. The van der Waals surface area contributed by atoms with Gasteiger partial charge in [0.25, 0.3) is 5.91 Å². The number of nitrogens with zero attached hydrogens (tertiary/aromatic N) is 1. The lowest BCUT2D eigenvalue weighted by Crippen LogP contribution is -2.27. The molecule has 0 aliphatic carbocycles. The van der Waals surface area contributed by atoms with Crippen molar-refractivity contribution in [2.24, 2.45) is 0 Å². The molecular weight excluding hydrogens is 304 g/mol. The molecule has 5 heteroatoms. The van der Waals surface area contributed by atoms with E-state index in [9.17, 15) is 4.79 Å². The lowest BCUT2D eigenvalue weighted by Gasteiger charge is -2.20. The SMILES string of the molecule is COc1cccc(OC)c1C(=O)N(C)Cc1c[nH]c2ccccc12. The third-order valence-corrected chi connectivity index (χ3v) is 4.07. The van der Waals surface area contributed by atoms with Gasteiger partial charge < -0.3 is 19.4 Å². The number of para-hydroxylation sites is 1. The number of fused-ring (bicyclic) bond motifs is 1. The van der Waals surface area contributed by atoms with Crippen molar-refractivity contribution in [1.29, 1.82) is 0 Å². The molecule has 1 heterocycles. The zero-order valence-corrected chi connectivity index (χ0v) is 14.0. The molecule has 2 aromatic carbocycles. The van der Waals surface area contributed by atoms with Gasteiger partial charge in [0, 0.05) is 30.7 Å². The molecule has 1 aromatic heterocycles. The number of amides is 1. The Morgan fingerprint density at radius 1 is 1.04 bits per heavy atom. The normalized spacial score (nSPS) is 10.6. The third kappa shape index (κ3) is 2.80. The first-order valence-electron chi connectivity index (χ1n) is 7.67. The molecule has 0 bridgehead atoms. The van der Waals surface area contributed by atoms with Crippen molar-refractivity contribution in [1.82, 2.24) is 9.88 Å². The molecule has 1 amide bonds. The van der Waals surface area contributed by atoms with E-state index in [0.29, 0.717) is 23.6 Å². The van der Waals surface area contributed by atoms with Crippen molar-refractivity contribution in [3.8, 4) is 11.5 Å². The highest BCUT2D eigenvalue weighted by molar-refractivity contribution is 5.99. The van der Waals surface area contributed by atoms with Crippen LogP contribution in [0, 0.1) is 0 Å². The van der Waals surface area contributed by atoms with Crippen molar-refractivity contribution < 1.29 is 14.3 Å². The van der Waals surface area contributed by atoms with E-state index in [1.54, 1.807) is 44.4 Å². The number of aromatic nitrogens is 1. The minimum absolute atomic E-state index is 0.144. The molecule has 0 fully saturated rings. The second-order valence-electron chi connectivity index (χ2n) is 5.56. The van der Waals surface area contributed by atoms with E-state index in [2.05, 4.69) is 4.98 Å². The summed E-state index contributed by atoms with van der Waals surface area (Å²) < 4.78 is 10.7. The van der Waals surface area contributed by atoms with Gasteiger partial charge in [0.05, 0.1) is 14.2 Å². The first kappa shape index (κ1) is 15.9. The Morgan fingerprint density at radius 2 is 1.71 bits per heavy atom. The molecule has 0 spiro atoms. The van der Waals surface area contributed by atoms with Crippen molar-refractivity contribution in [3.63, 3.8) is 0 Å². The van der Waals surface area contributed by atoms with Gasteiger partial charge in [-0.2, -0.15) is 0 Å². The molecule has 5 nitrogen and oxygen atoms in total. The number of methoxy groups -OCH3 is 2. The molecule has 0 aliphatic rings. The molecule has 0 atom stereocenters. The highest BCUT2D eigenvalue weighted by Gasteiger charge is 2.22. The van der Waals surface area contributed by atoms with Crippen LogP contribution < -0.4 is 9.47 Å². The molecule has 24 heavy (non-hydrogen) atoms. The number of ether oxygens (including phenoxy) is 2. The van der Waals surface area contributed by atoms with Gasteiger partial charge in [0.1, 0.15) is 17.1 Å². The van der Waals surface area contributed by atoms with Gasteiger partial charge in [0.2, 0.25) is 0 Å². The zero-order chi connectivity index (χ0) is 17.1. The Kier molecular flexibility index (Phi) is 4.42. The maximum absolute atomic E-state index is 12.9. The average molecular weight is 324 g/mol. The second kappa shape index (κ2) is 6.66. The van der Waals surface area contributed by atoms with Crippen LogP contribution in [-0.2, 0) is 6.54 Å². The summed E-state index contributed by atoms with van der Waals surface area (Å²) in [5.74, 6) is 0.866. The van der Waals surface area contributed by atoms with Crippen LogP contribution in [0.5, 0.6) is 11.5 Å². The lowest BCUT2D eigenvalue weighted by atomic mass is 10.1. The maximum atomic E-state index is 12.9. The number of rotatable bonds is 5. The summed E-state index contributed by atoms with van der Waals surface area (Å²) in [6, 6.07) is 13.4. The standard InChI is InChI=1S/C19H20N2O3/c1-21(12-13-11-20-15-8-5-4-7-14(13)15)19(22)18-16(23-2)9-6-10-17(18)24-3/h4-11,20H,12H2,1-3H3. The molecule has 0 aliphatic heterocycles. The maximum Gasteiger partial charge on any atom is 0.261 e. The van der Waals surface area contributed by atoms with Crippen LogP contribution >= 0.6 is 0 Å². The fraction of sp³-hybridized carbons (Fsp3) is 0.211. The fourth-order valence-corrected chi connectivity index (χ4v) is 2.84. The molecule has 0 radical (unpaired) electrons. The lowest BCUT2D eigenvalue weighted by molar-refractivity contribution is 0.0778. The van der Waals surface area contributed by atoms with Gasteiger partial charge in [-0.25, -0.2) is 0 Å². The number of benzene rings is 2. The number of carbonyl (C=O) groups is 1. The van der Waals surface area contributed by atoms with Crippen LogP contribution in [0.2, 0.25) is 0 Å². The van der Waals surface area contributed by atoms with Gasteiger partial charge in [-0.05, 0) is 23.8 Å². The Morgan fingerprint density at radius 3 is 2.38 bits per heavy atom. The molecule has 3 aromatic rings. The van der Waals surface area contributed by atoms with Crippen LogP contribution in [0.4, 0.5) is 0 Å². The van der Waals surface area contributed by atoms with Crippen LogP contribution in [0.25, 0.3) is 10.9 Å². The summed E-state index contributed by atoms with van der Waals surface area (Å²) in [6.45, 7) is 0.490. The highest BCUT2D eigenvalue weighted by atomic mass is 16.5. The molecule has 0 unspecified atom stereocenters. The summed E-state index contributed by atoms with van der Waals surface area (Å²) in [5.41, 5.74) is 2.56. The summed E-state index contributed by atoms with van der Waals surface area (Å²) in [5, 5.41) is 1.11. The molecule has 124 valence electrons. The summed E-state index contributed by atoms with van der Waals surface area (Å²) in [6.07, 6.45) is 1.94. The van der Waals surface area contributed by atoms with Crippen LogP contribution in [0.1, 0.15) is 15.9 Å². The Hall–Kier alpha value is -2.95. The summed E-state index contributed by atoms with van der Waals surface area (Å²) in [7, 11) is 4.87. The van der Waals surface area contributed by atoms with E-state index in [-0.39, 0.29) is 5.91 Å². The first-order valence-corrected chi connectivity index (χ1v) is 7.67. The predicted molar refractivity (Wildman–Crippen MR) is 93.6 cm³/mol. The quantitative estimate of drug-likeness (QED) is 0.782. The average Bonchev–Trinajstić information content (AvgIpc) is 3.03. The minimum Gasteiger partial charge on any atom is -0.496 e.